The minimum atomic E-state index is -0.993. The van der Waals surface area contributed by atoms with Crippen LogP contribution in [0.15, 0.2) is 35.7 Å². The molecular weight excluding hydrogens is 403 g/mol. The number of halogens is 1. The lowest BCUT2D eigenvalue weighted by Gasteiger charge is -2.14. The number of aliphatic carboxylic acids is 1. The molecule has 0 aliphatic rings. The van der Waals surface area contributed by atoms with Gasteiger partial charge < -0.3 is 9.84 Å². The fourth-order valence-corrected chi connectivity index (χ4v) is 3.08. The summed E-state index contributed by atoms with van der Waals surface area (Å²) in [5.74, 6) is -0.556. The van der Waals surface area contributed by atoms with Crippen LogP contribution in [0.2, 0.25) is 0 Å². The van der Waals surface area contributed by atoms with E-state index in [0.29, 0.717) is 22.6 Å². The number of thiophene rings is 1. The highest BCUT2D eigenvalue weighted by Crippen LogP contribution is 2.25. The molecule has 1 N–H and O–H groups in total. The SMILES string of the molecule is CCC(Oc1ccc(C(=O)c2cccs2)cc1I)C(=O)O. The maximum atomic E-state index is 12.2. The molecule has 0 aliphatic heterocycles. The molecule has 0 aliphatic carbocycles. The van der Waals surface area contributed by atoms with Crippen LogP contribution in [0.5, 0.6) is 5.75 Å². The van der Waals surface area contributed by atoms with Gasteiger partial charge in [-0.05, 0) is 58.7 Å². The zero-order valence-electron chi connectivity index (χ0n) is 11.2. The molecule has 1 unspecified atom stereocenters. The number of benzene rings is 1. The summed E-state index contributed by atoms with van der Waals surface area (Å²) in [6, 6.07) is 8.63. The first-order chi connectivity index (χ1) is 10.0. The third-order valence-electron chi connectivity index (χ3n) is 2.85. The molecular formula is C15H13IO4S. The van der Waals surface area contributed by atoms with E-state index in [1.54, 1.807) is 31.2 Å². The van der Waals surface area contributed by atoms with Crippen molar-refractivity contribution in [2.45, 2.75) is 19.4 Å². The average Bonchev–Trinajstić information content (AvgIpc) is 2.99. The van der Waals surface area contributed by atoms with Crippen molar-refractivity contribution in [2.24, 2.45) is 0 Å². The smallest absolute Gasteiger partial charge is 0.344 e. The molecule has 0 fully saturated rings. The molecule has 6 heteroatoms. The van der Waals surface area contributed by atoms with Crippen LogP contribution in [0.25, 0.3) is 0 Å². The topological polar surface area (TPSA) is 63.6 Å². The van der Waals surface area contributed by atoms with E-state index in [1.165, 1.54) is 11.3 Å². The monoisotopic (exact) mass is 416 g/mol. The molecule has 2 aromatic rings. The average molecular weight is 416 g/mol. The minimum absolute atomic E-state index is 0.0419. The fraction of sp³-hybridized carbons (Fsp3) is 0.200. The van der Waals surface area contributed by atoms with Crippen molar-refractivity contribution >= 4 is 45.7 Å². The highest BCUT2D eigenvalue weighted by atomic mass is 127. The Morgan fingerprint density at radius 3 is 2.67 bits per heavy atom. The summed E-state index contributed by atoms with van der Waals surface area (Å²) in [5, 5.41) is 10.9. The molecule has 21 heavy (non-hydrogen) atoms. The van der Waals surface area contributed by atoms with Crippen LogP contribution in [0.1, 0.15) is 28.6 Å². The zero-order valence-corrected chi connectivity index (χ0v) is 14.2. The largest absolute Gasteiger partial charge is 0.479 e. The second-order valence-corrected chi connectivity index (χ2v) is 6.41. The van der Waals surface area contributed by atoms with Gasteiger partial charge in [-0.1, -0.05) is 13.0 Å². The first kappa shape index (κ1) is 16.0. The van der Waals surface area contributed by atoms with E-state index < -0.39 is 12.1 Å². The van der Waals surface area contributed by atoms with Gasteiger partial charge in [-0.25, -0.2) is 4.79 Å². The van der Waals surface area contributed by atoms with Gasteiger partial charge in [-0.3, -0.25) is 4.79 Å². The number of rotatable bonds is 6. The van der Waals surface area contributed by atoms with Crippen LogP contribution in [-0.4, -0.2) is 23.0 Å². The Hall–Kier alpha value is -1.41. The van der Waals surface area contributed by atoms with Crippen molar-refractivity contribution in [3.8, 4) is 5.75 Å². The Balaban J connectivity index is 2.21. The lowest BCUT2D eigenvalue weighted by Crippen LogP contribution is -2.26. The number of carboxylic acid groups (broad SMARTS) is 1. The molecule has 0 bridgehead atoms. The van der Waals surface area contributed by atoms with Gasteiger partial charge in [0.25, 0.3) is 0 Å². The number of carbonyl (C=O) groups is 2. The highest BCUT2D eigenvalue weighted by molar-refractivity contribution is 14.1. The Morgan fingerprint density at radius 2 is 2.14 bits per heavy atom. The summed E-state index contributed by atoms with van der Waals surface area (Å²) in [5.41, 5.74) is 0.567. The number of carboxylic acids is 1. The Bertz CT molecular complexity index is 652. The summed E-state index contributed by atoms with van der Waals surface area (Å²) in [6.45, 7) is 1.75. The maximum Gasteiger partial charge on any atom is 0.344 e. The molecule has 1 heterocycles. The van der Waals surface area contributed by atoms with E-state index in [2.05, 4.69) is 0 Å². The van der Waals surface area contributed by atoms with Crippen molar-refractivity contribution in [2.75, 3.05) is 0 Å². The molecule has 1 atom stereocenters. The van der Waals surface area contributed by atoms with Gasteiger partial charge in [-0.15, -0.1) is 11.3 Å². The van der Waals surface area contributed by atoms with Crippen molar-refractivity contribution < 1.29 is 19.4 Å². The van der Waals surface area contributed by atoms with Gasteiger partial charge in [0.15, 0.2) is 6.10 Å². The number of ketones is 1. The van der Waals surface area contributed by atoms with Crippen molar-refractivity contribution in [1.29, 1.82) is 0 Å². The molecule has 0 spiro atoms. The van der Waals surface area contributed by atoms with Crippen LogP contribution in [0.4, 0.5) is 0 Å². The quantitative estimate of drug-likeness (QED) is 0.575. The van der Waals surface area contributed by atoms with Gasteiger partial charge in [0.2, 0.25) is 5.78 Å². The number of ether oxygens (including phenoxy) is 1. The molecule has 110 valence electrons. The second kappa shape index (κ2) is 7.04. The fourth-order valence-electron chi connectivity index (χ4n) is 1.75. The Kier molecular flexibility index (Phi) is 5.35. The summed E-state index contributed by atoms with van der Waals surface area (Å²) < 4.78 is 6.18. The first-order valence-corrected chi connectivity index (χ1v) is 8.26. The van der Waals surface area contributed by atoms with E-state index >= 15 is 0 Å². The second-order valence-electron chi connectivity index (χ2n) is 4.30. The highest BCUT2D eigenvalue weighted by Gasteiger charge is 2.19. The first-order valence-electron chi connectivity index (χ1n) is 6.30. The van der Waals surface area contributed by atoms with Crippen molar-refractivity contribution in [3.63, 3.8) is 0 Å². The van der Waals surface area contributed by atoms with E-state index in [0.717, 1.165) is 3.57 Å². The van der Waals surface area contributed by atoms with Gasteiger partial charge in [-0.2, -0.15) is 0 Å². The van der Waals surface area contributed by atoms with Crippen LogP contribution < -0.4 is 4.74 Å². The maximum absolute atomic E-state index is 12.2. The summed E-state index contributed by atoms with van der Waals surface area (Å²) in [4.78, 5) is 23.9. The summed E-state index contributed by atoms with van der Waals surface area (Å²) in [7, 11) is 0. The normalized spacial score (nSPS) is 11.9. The summed E-state index contributed by atoms with van der Waals surface area (Å²) >= 11 is 3.44. The third kappa shape index (κ3) is 3.82. The molecule has 4 nitrogen and oxygen atoms in total. The van der Waals surface area contributed by atoms with E-state index in [1.807, 2.05) is 34.0 Å². The van der Waals surface area contributed by atoms with Crippen molar-refractivity contribution in [1.82, 2.24) is 0 Å². The van der Waals surface area contributed by atoms with Gasteiger partial charge in [0, 0.05) is 5.56 Å². The van der Waals surface area contributed by atoms with Gasteiger partial charge >= 0.3 is 5.97 Å². The molecule has 0 saturated heterocycles. The molecule has 0 amide bonds. The molecule has 0 saturated carbocycles. The summed E-state index contributed by atoms with van der Waals surface area (Å²) in [6.07, 6.45) is -0.501. The lowest BCUT2D eigenvalue weighted by atomic mass is 10.1. The zero-order chi connectivity index (χ0) is 15.4. The van der Waals surface area contributed by atoms with E-state index in [-0.39, 0.29) is 5.78 Å². The number of hydrogen-bond acceptors (Lipinski definition) is 4. The third-order valence-corrected chi connectivity index (χ3v) is 4.57. The molecule has 1 aromatic carbocycles. The number of carbonyl (C=O) groups excluding carboxylic acids is 1. The van der Waals surface area contributed by atoms with Crippen LogP contribution in [0, 0.1) is 3.57 Å². The van der Waals surface area contributed by atoms with Gasteiger partial charge in [0.05, 0.1) is 8.45 Å². The predicted octanol–water partition coefficient (Wildman–Crippen LogP) is 3.83. The molecule has 0 radical (unpaired) electrons. The van der Waals surface area contributed by atoms with E-state index in [4.69, 9.17) is 9.84 Å². The Morgan fingerprint density at radius 1 is 1.38 bits per heavy atom. The standard InChI is InChI=1S/C15H13IO4S/c1-2-11(15(18)19)20-12-6-5-9(8-10(12)16)14(17)13-4-3-7-21-13/h3-8,11H,2H2,1H3,(H,18,19). The van der Waals surface area contributed by atoms with E-state index in [9.17, 15) is 9.59 Å². The Labute approximate surface area is 139 Å². The van der Waals surface area contributed by atoms with Crippen LogP contribution in [0.3, 0.4) is 0 Å². The van der Waals surface area contributed by atoms with Crippen LogP contribution in [-0.2, 0) is 4.79 Å². The van der Waals surface area contributed by atoms with Crippen LogP contribution >= 0.6 is 33.9 Å². The van der Waals surface area contributed by atoms with Crippen molar-refractivity contribution in [3.05, 3.63) is 49.7 Å². The number of hydrogen-bond donors (Lipinski definition) is 1. The minimum Gasteiger partial charge on any atom is -0.479 e. The van der Waals surface area contributed by atoms with Gasteiger partial charge in [0.1, 0.15) is 5.75 Å². The molecule has 2 rings (SSSR count). The predicted molar refractivity (Wildman–Crippen MR) is 89.3 cm³/mol. The lowest BCUT2D eigenvalue weighted by molar-refractivity contribution is -0.145. The molecule has 1 aromatic heterocycles.